The number of hydrogen-bond donors (Lipinski definition) is 1. The molecule has 0 saturated carbocycles. The van der Waals surface area contributed by atoms with Crippen LogP contribution >= 0.6 is 0 Å². The number of hydrogen-bond acceptors (Lipinski definition) is 7. The van der Waals surface area contributed by atoms with Crippen molar-refractivity contribution >= 4 is 7.12 Å². The van der Waals surface area contributed by atoms with E-state index >= 15 is 0 Å². The molecule has 1 fully saturated rings. The number of rotatable bonds is 3. The minimum absolute atomic E-state index is 0.0302. The fourth-order valence-electron chi connectivity index (χ4n) is 3.22. The van der Waals surface area contributed by atoms with E-state index in [1.54, 1.807) is 19.5 Å². The van der Waals surface area contributed by atoms with Gasteiger partial charge in [-0.2, -0.15) is 0 Å². The molecule has 0 bridgehead atoms. The number of aromatic nitrogens is 2. The fraction of sp³-hybridized carbons (Fsp3) is 0.444. The molecule has 3 heterocycles. The molecule has 0 amide bonds. The number of ether oxygens (including phenoxy) is 3. The van der Waals surface area contributed by atoms with Gasteiger partial charge < -0.3 is 23.9 Å². The van der Waals surface area contributed by atoms with E-state index in [0.29, 0.717) is 42.5 Å². The average molecular weight is 356 g/mol. The van der Waals surface area contributed by atoms with E-state index < -0.39 is 12.7 Å². The van der Waals surface area contributed by atoms with Gasteiger partial charge in [0.05, 0.1) is 24.7 Å². The highest BCUT2D eigenvalue weighted by atomic mass is 16.6. The van der Waals surface area contributed by atoms with E-state index in [1.807, 2.05) is 26.0 Å². The molecule has 0 spiro atoms. The fourth-order valence-corrected chi connectivity index (χ4v) is 3.22. The Morgan fingerprint density at radius 1 is 1.27 bits per heavy atom. The summed E-state index contributed by atoms with van der Waals surface area (Å²) in [4.78, 5) is 9.05. The standard InChI is InChI=1S/C18H21BN2O5/c1-18(2)10-24-16-12(4-5-15(23-3)17(16)26-18)14-8-20-7-13(21-14)11-6-19(22)25-9-11/h4-5,7-8,11,22H,6,9-10H2,1-3H3/t11-/m0/s1. The van der Waals surface area contributed by atoms with Crippen molar-refractivity contribution in [2.24, 2.45) is 0 Å². The highest BCUT2D eigenvalue weighted by molar-refractivity contribution is 6.43. The summed E-state index contributed by atoms with van der Waals surface area (Å²) >= 11 is 0. The Labute approximate surface area is 152 Å². The maximum atomic E-state index is 9.59. The molecular weight excluding hydrogens is 335 g/mol. The van der Waals surface area contributed by atoms with Crippen LogP contribution in [0.1, 0.15) is 25.5 Å². The molecule has 7 nitrogen and oxygen atoms in total. The molecule has 0 aliphatic carbocycles. The predicted molar refractivity (Wildman–Crippen MR) is 95.7 cm³/mol. The van der Waals surface area contributed by atoms with E-state index in [4.69, 9.17) is 23.8 Å². The lowest BCUT2D eigenvalue weighted by atomic mass is 9.81. The van der Waals surface area contributed by atoms with Crippen molar-refractivity contribution in [3.63, 3.8) is 0 Å². The van der Waals surface area contributed by atoms with Crippen molar-refractivity contribution in [3.8, 4) is 28.5 Å². The molecule has 2 aromatic rings. The molecule has 26 heavy (non-hydrogen) atoms. The summed E-state index contributed by atoms with van der Waals surface area (Å²) in [5.41, 5.74) is 1.83. The Balaban J connectivity index is 1.75. The number of benzene rings is 1. The SMILES string of the molecule is COc1ccc(-c2cncc([C@@H]3COB(O)C3)n2)c2c1OC(C)(C)CO2. The predicted octanol–water partition coefficient (Wildman–Crippen LogP) is 2.30. The first-order valence-electron chi connectivity index (χ1n) is 8.61. The molecule has 8 heteroatoms. The zero-order valence-electron chi connectivity index (χ0n) is 15.1. The highest BCUT2D eigenvalue weighted by Crippen LogP contribution is 2.48. The van der Waals surface area contributed by atoms with E-state index in [2.05, 4.69) is 4.98 Å². The van der Waals surface area contributed by atoms with Crippen LogP contribution in [0.3, 0.4) is 0 Å². The van der Waals surface area contributed by atoms with E-state index in [0.717, 1.165) is 11.3 Å². The van der Waals surface area contributed by atoms with Gasteiger partial charge in [0.25, 0.3) is 0 Å². The van der Waals surface area contributed by atoms with E-state index in [9.17, 15) is 5.02 Å². The van der Waals surface area contributed by atoms with Gasteiger partial charge in [0.1, 0.15) is 12.2 Å². The van der Waals surface area contributed by atoms with Gasteiger partial charge in [-0.15, -0.1) is 0 Å². The maximum Gasteiger partial charge on any atom is 0.454 e. The van der Waals surface area contributed by atoms with Gasteiger partial charge in [-0.3, -0.25) is 4.98 Å². The Morgan fingerprint density at radius 2 is 2.12 bits per heavy atom. The molecule has 0 unspecified atom stereocenters. The van der Waals surface area contributed by atoms with Gasteiger partial charge in [-0.05, 0) is 32.3 Å². The van der Waals surface area contributed by atoms with Crippen LogP contribution in [0.15, 0.2) is 24.5 Å². The second-order valence-corrected chi connectivity index (χ2v) is 7.17. The van der Waals surface area contributed by atoms with Crippen LogP contribution in [0, 0.1) is 0 Å². The normalized spacial score (nSPS) is 20.9. The van der Waals surface area contributed by atoms with Crippen molar-refractivity contribution in [2.45, 2.75) is 31.7 Å². The third-order valence-corrected chi connectivity index (χ3v) is 4.56. The van der Waals surface area contributed by atoms with Gasteiger partial charge in [0.2, 0.25) is 5.75 Å². The topological polar surface area (TPSA) is 82.9 Å². The zero-order valence-corrected chi connectivity index (χ0v) is 15.1. The number of methoxy groups -OCH3 is 1. The van der Waals surface area contributed by atoms with Crippen molar-refractivity contribution in [3.05, 3.63) is 30.2 Å². The first kappa shape index (κ1) is 17.1. The largest absolute Gasteiger partial charge is 0.493 e. The third kappa shape index (κ3) is 3.10. The van der Waals surface area contributed by atoms with E-state index in [-0.39, 0.29) is 5.92 Å². The summed E-state index contributed by atoms with van der Waals surface area (Å²) in [5.74, 6) is 1.83. The van der Waals surface area contributed by atoms with Crippen LogP contribution in [-0.2, 0) is 4.65 Å². The van der Waals surface area contributed by atoms with Crippen molar-refractivity contribution in [1.82, 2.24) is 9.97 Å². The van der Waals surface area contributed by atoms with Crippen molar-refractivity contribution in [2.75, 3.05) is 20.3 Å². The van der Waals surface area contributed by atoms with Crippen molar-refractivity contribution < 1.29 is 23.9 Å². The van der Waals surface area contributed by atoms with Gasteiger partial charge in [0, 0.05) is 24.3 Å². The lowest BCUT2D eigenvalue weighted by Crippen LogP contribution is -2.39. The average Bonchev–Trinajstić information content (AvgIpc) is 3.06. The Bertz CT molecular complexity index is 829. The lowest BCUT2D eigenvalue weighted by molar-refractivity contribution is 0.0190. The third-order valence-electron chi connectivity index (χ3n) is 4.56. The minimum atomic E-state index is -0.738. The van der Waals surface area contributed by atoms with Gasteiger partial charge in [0.15, 0.2) is 11.5 Å². The summed E-state index contributed by atoms with van der Waals surface area (Å²) in [6.45, 7) is 4.80. The van der Waals surface area contributed by atoms with Gasteiger partial charge in [-0.25, -0.2) is 4.98 Å². The second kappa shape index (κ2) is 6.44. The van der Waals surface area contributed by atoms with Crippen LogP contribution in [0.25, 0.3) is 11.3 Å². The first-order chi connectivity index (χ1) is 12.5. The molecular formula is C18H21BN2O5. The minimum Gasteiger partial charge on any atom is -0.493 e. The quantitative estimate of drug-likeness (QED) is 0.845. The Morgan fingerprint density at radius 3 is 2.85 bits per heavy atom. The van der Waals surface area contributed by atoms with Gasteiger partial charge in [-0.1, -0.05) is 0 Å². The molecule has 2 aliphatic heterocycles. The molecule has 136 valence electrons. The van der Waals surface area contributed by atoms with Crippen LogP contribution in [0.2, 0.25) is 6.32 Å². The molecule has 1 aromatic heterocycles. The van der Waals surface area contributed by atoms with Gasteiger partial charge >= 0.3 is 7.12 Å². The zero-order chi connectivity index (χ0) is 18.3. The molecule has 2 aliphatic rings. The number of fused-ring (bicyclic) bond motifs is 1. The molecule has 0 radical (unpaired) electrons. The maximum absolute atomic E-state index is 9.59. The molecule has 4 rings (SSSR count). The van der Waals surface area contributed by atoms with E-state index in [1.165, 1.54) is 0 Å². The Kier molecular flexibility index (Phi) is 4.24. The molecule has 1 saturated heterocycles. The summed E-state index contributed by atoms with van der Waals surface area (Å²) in [5, 5.41) is 9.59. The monoisotopic (exact) mass is 356 g/mol. The molecule has 1 atom stereocenters. The van der Waals surface area contributed by atoms with Crippen LogP contribution < -0.4 is 14.2 Å². The summed E-state index contributed by atoms with van der Waals surface area (Å²) in [6, 6.07) is 3.74. The first-order valence-corrected chi connectivity index (χ1v) is 8.61. The van der Waals surface area contributed by atoms with Crippen molar-refractivity contribution in [1.29, 1.82) is 0 Å². The van der Waals surface area contributed by atoms with Crippen LogP contribution in [-0.4, -0.2) is 48.0 Å². The lowest BCUT2D eigenvalue weighted by Gasteiger charge is -2.34. The van der Waals surface area contributed by atoms with Crippen LogP contribution in [0.5, 0.6) is 17.2 Å². The summed E-state index contributed by atoms with van der Waals surface area (Å²) in [7, 11) is 0.865. The molecule has 1 aromatic carbocycles. The molecule has 1 N–H and O–H groups in total. The Hall–Kier alpha value is -2.32. The highest BCUT2D eigenvalue weighted by Gasteiger charge is 2.34. The second-order valence-electron chi connectivity index (χ2n) is 7.17. The summed E-state index contributed by atoms with van der Waals surface area (Å²) < 4.78 is 22.8. The number of nitrogens with zero attached hydrogens (tertiary/aromatic N) is 2. The van der Waals surface area contributed by atoms with Crippen LogP contribution in [0.4, 0.5) is 0 Å². The summed E-state index contributed by atoms with van der Waals surface area (Å²) in [6.07, 6.45) is 3.93. The smallest absolute Gasteiger partial charge is 0.454 e.